The van der Waals surface area contributed by atoms with Crippen molar-refractivity contribution in [3.63, 3.8) is 0 Å². The molecule has 0 atom stereocenters. The second-order valence-electron chi connectivity index (χ2n) is 5.04. The van der Waals surface area contributed by atoms with Crippen LogP contribution in [-0.2, 0) is 0 Å². The Labute approximate surface area is 119 Å². The predicted molar refractivity (Wildman–Crippen MR) is 79.4 cm³/mol. The van der Waals surface area contributed by atoms with E-state index in [0.717, 1.165) is 22.3 Å². The number of nitrogens with two attached hydrogens (primary N) is 1. The van der Waals surface area contributed by atoms with Gasteiger partial charge < -0.3 is 10.1 Å². The third-order valence-electron chi connectivity index (χ3n) is 3.60. The Morgan fingerprint density at radius 2 is 2.14 bits per heavy atom. The Hall–Kier alpha value is -2.89. The second-order valence-corrected chi connectivity index (χ2v) is 5.04. The van der Waals surface area contributed by atoms with Crippen molar-refractivity contribution < 1.29 is 4.39 Å². The Morgan fingerprint density at radius 1 is 1.29 bits per heavy atom. The number of nitrogen functional groups attached to an aromatic ring is 1. The van der Waals surface area contributed by atoms with E-state index >= 15 is 0 Å². The van der Waals surface area contributed by atoms with Crippen LogP contribution in [0.25, 0.3) is 27.7 Å². The molecule has 0 radical (unpaired) electrons. The molecule has 4 aromatic rings. The maximum atomic E-state index is 14.0. The molecule has 0 fully saturated rings. The van der Waals surface area contributed by atoms with Crippen LogP contribution >= 0.6 is 0 Å². The summed E-state index contributed by atoms with van der Waals surface area (Å²) in [5.41, 5.74) is 9.93. The lowest BCUT2D eigenvalue weighted by atomic mass is 10.0. The fraction of sp³-hybridized carbons (Fsp3) is 0.0667. The summed E-state index contributed by atoms with van der Waals surface area (Å²) in [5.74, 6) is -0.455. The number of nitrogens with zero attached hydrogens (tertiary/aromatic N) is 3. The number of fused-ring (bicyclic) bond motifs is 2. The number of aryl methyl sites for hydroxylation is 1. The summed E-state index contributed by atoms with van der Waals surface area (Å²) in [7, 11) is 0. The molecule has 3 heterocycles. The van der Waals surface area contributed by atoms with Crippen LogP contribution in [0.2, 0.25) is 0 Å². The highest BCUT2D eigenvalue weighted by atomic mass is 19.1. The molecule has 0 bridgehead atoms. The molecule has 0 aliphatic carbocycles. The van der Waals surface area contributed by atoms with Gasteiger partial charge in [-0.2, -0.15) is 5.10 Å². The maximum absolute atomic E-state index is 14.0. The van der Waals surface area contributed by atoms with Crippen molar-refractivity contribution in [3.8, 4) is 11.1 Å². The molecule has 104 valence electrons. The molecular formula is C15H12FN5. The molecule has 0 unspecified atom stereocenters. The van der Waals surface area contributed by atoms with Crippen LogP contribution in [0.4, 0.5) is 10.1 Å². The first-order valence-electron chi connectivity index (χ1n) is 6.50. The molecule has 0 saturated heterocycles. The smallest absolute Gasteiger partial charge is 0.148 e. The van der Waals surface area contributed by atoms with Gasteiger partial charge >= 0.3 is 0 Å². The predicted octanol–water partition coefficient (Wildman–Crippen LogP) is 2.91. The Morgan fingerprint density at radius 3 is 3.00 bits per heavy atom. The van der Waals surface area contributed by atoms with E-state index in [2.05, 4.69) is 15.2 Å². The van der Waals surface area contributed by atoms with Gasteiger partial charge in [0.15, 0.2) is 0 Å². The molecule has 4 rings (SSSR count). The highest BCUT2D eigenvalue weighted by molar-refractivity contribution is 6.00. The summed E-state index contributed by atoms with van der Waals surface area (Å²) in [6.07, 6.45) is 5.47. The largest absolute Gasteiger partial charge is 0.396 e. The zero-order valence-corrected chi connectivity index (χ0v) is 11.3. The molecule has 3 aromatic heterocycles. The number of H-pyrrole nitrogens is 1. The average molecular weight is 281 g/mol. The molecule has 0 spiro atoms. The number of imidazole rings is 1. The first-order chi connectivity index (χ1) is 10.1. The molecule has 0 aliphatic heterocycles. The monoisotopic (exact) mass is 281 g/mol. The molecule has 0 amide bonds. The minimum Gasteiger partial charge on any atom is -0.396 e. The van der Waals surface area contributed by atoms with E-state index in [1.54, 1.807) is 6.20 Å². The molecule has 1 aromatic carbocycles. The lowest BCUT2D eigenvalue weighted by molar-refractivity contribution is 0.634. The van der Waals surface area contributed by atoms with Crippen LogP contribution in [0.1, 0.15) is 5.69 Å². The van der Waals surface area contributed by atoms with Gasteiger partial charge in [0.05, 0.1) is 23.1 Å². The number of rotatable bonds is 1. The van der Waals surface area contributed by atoms with Crippen LogP contribution in [-0.4, -0.2) is 19.6 Å². The van der Waals surface area contributed by atoms with Crippen LogP contribution < -0.4 is 5.73 Å². The summed E-state index contributed by atoms with van der Waals surface area (Å²) in [5, 5.41) is 7.54. The van der Waals surface area contributed by atoms with Gasteiger partial charge in [-0.05, 0) is 19.1 Å². The van der Waals surface area contributed by atoms with Crippen LogP contribution in [0.15, 0.2) is 36.8 Å². The summed E-state index contributed by atoms with van der Waals surface area (Å²) >= 11 is 0. The van der Waals surface area contributed by atoms with Gasteiger partial charge in [0.2, 0.25) is 0 Å². The quantitative estimate of drug-likeness (QED) is 0.527. The fourth-order valence-corrected chi connectivity index (χ4v) is 2.65. The van der Waals surface area contributed by atoms with Crippen molar-refractivity contribution in [2.75, 3.05) is 5.73 Å². The van der Waals surface area contributed by atoms with Crippen molar-refractivity contribution in [2.24, 2.45) is 0 Å². The molecule has 3 N–H and O–H groups in total. The highest BCUT2D eigenvalue weighted by Gasteiger charge is 2.15. The van der Waals surface area contributed by atoms with Crippen LogP contribution in [0, 0.1) is 12.7 Å². The maximum Gasteiger partial charge on any atom is 0.148 e. The van der Waals surface area contributed by atoms with Gasteiger partial charge in [0.25, 0.3) is 0 Å². The van der Waals surface area contributed by atoms with E-state index in [4.69, 9.17) is 5.73 Å². The number of hydrogen-bond donors (Lipinski definition) is 2. The number of anilines is 1. The van der Waals surface area contributed by atoms with E-state index in [9.17, 15) is 4.39 Å². The first kappa shape index (κ1) is 11.9. The number of benzene rings is 1. The molecular weight excluding hydrogens is 269 g/mol. The topological polar surface area (TPSA) is 72.0 Å². The standard InChI is InChI=1S/C15H12FN5/c1-8-6-21-7-9(2-3-13(21)19-8)14-10-5-18-20-12(10)4-11(16)15(14)17/h2-7H,17H2,1H3,(H,18,20). The number of nitrogens with one attached hydrogen (secondary N) is 1. The van der Waals surface area contributed by atoms with Gasteiger partial charge in [0.1, 0.15) is 11.5 Å². The van der Waals surface area contributed by atoms with Gasteiger partial charge in [-0.1, -0.05) is 0 Å². The lowest BCUT2D eigenvalue weighted by Gasteiger charge is -2.09. The highest BCUT2D eigenvalue weighted by Crippen LogP contribution is 2.35. The number of hydrogen-bond acceptors (Lipinski definition) is 3. The molecule has 0 aliphatic rings. The van der Waals surface area contributed by atoms with Crippen molar-refractivity contribution in [1.82, 2.24) is 19.6 Å². The van der Waals surface area contributed by atoms with E-state index in [1.807, 2.05) is 35.9 Å². The number of aromatic amines is 1. The van der Waals surface area contributed by atoms with E-state index < -0.39 is 5.82 Å². The SMILES string of the molecule is Cc1cn2cc(-c3c(N)c(F)cc4[nH]ncc34)ccc2n1. The lowest BCUT2D eigenvalue weighted by Crippen LogP contribution is -1.96. The summed E-state index contributed by atoms with van der Waals surface area (Å²) in [4.78, 5) is 4.38. The van der Waals surface area contributed by atoms with Crippen molar-refractivity contribution in [1.29, 1.82) is 0 Å². The first-order valence-corrected chi connectivity index (χ1v) is 6.50. The normalized spacial score (nSPS) is 11.5. The molecule has 5 nitrogen and oxygen atoms in total. The van der Waals surface area contributed by atoms with Gasteiger partial charge in [-0.3, -0.25) is 5.10 Å². The second kappa shape index (κ2) is 4.05. The summed E-state index contributed by atoms with van der Waals surface area (Å²) < 4.78 is 15.9. The van der Waals surface area contributed by atoms with Crippen molar-refractivity contribution in [2.45, 2.75) is 6.92 Å². The van der Waals surface area contributed by atoms with E-state index in [1.165, 1.54) is 6.07 Å². The fourth-order valence-electron chi connectivity index (χ4n) is 2.65. The van der Waals surface area contributed by atoms with E-state index in [-0.39, 0.29) is 5.69 Å². The van der Waals surface area contributed by atoms with Crippen molar-refractivity contribution in [3.05, 3.63) is 48.3 Å². The number of halogens is 1. The Kier molecular flexibility index (Phi) is 2.29. The van der Waals surface area contributed by atoms with Crippen molar-refractivity contribution >= 4 is 22.2 Å². The third kappa shape index (κ3) is 1.69. The molecule has 0 saturated carbocycles. The van der Waals surface area contributed by atoms with Gasteiger partial charge in [0, 0.05) is 35.0 Å². The Bertz CT molecular complexity index is 982. The zero-order chi connectivity index (χ0) is 14.6. The molecule has 21 heavy (non-hydrogen) atoms. The average Bonchev–Trinajstić information content (AvgIpc) is 3.04. The Balaban J connectivity index is 2.07. The minimum absolute atomic E-state index is 0.125. The summed E-state index contributed by atoms with van der Waals surface area (Å²) in [6.45, 7) is 1.93. The van der Waals surface area contributed by atoms with E-state index in [0.29, 0.717) is 11.1 Å². The van der Waals surface area contributed by atoms with Gasteiger partial charge in [-0.25, -0.2) is 9.37 Å². The van der Waals surface area contributed by atoms with Crippen LogP contribution in [0.3, 0.4) is 0 Å². The zero-order valence-electron chi connectivity index (χ0n) is 11.3. The number of pyridine rings is 1. The summed E-state index contributed by atoms with van der Waals surface area (Å²) in [6, 6.07) is 5.14. The third-order valence-corrected chi connectivity index (χ3v) is 3.60. The van der Waals surface area contributed by atoms with Crippen LogP contribution in [0.5, 0.6) is 0 Å². The molecule has 6 heteroatoms. The van der Waals surface area contributed by atoms with Gasteiger partial charge in [-0.15, -0.1) is 0 Å². The minimum atomic E-state index is -0.455. The number of aromatic nitrogens is 4.